The highest BCUT2D eigenvalue weighted by molar-refractivity contribution is 5.10. The highest BCUT2D eigenvalue weighted by Crippen LogP contribution is 2.07. The van der Waals surface area contributed by atoms with E-state index in [1.165, 1.54) is 64.2 Å². The average Bonchev–Trinajstić information content (AvgIpc) is 2.43. The minimum Gasteiger partial charge on any atom is -0.330 e. The molecular weight excluding hydrogens is 230 g/mol. The number of unbranched alkanes of at least 4 members (excludes halogenated alkanes) is 8. The second kappa shape index (κ2) is 17.2. The largest absolute Gasteiger partial charge is 0.330 e. The van der Waals surface area contributed by atoms with Crippen molar-refractivity contribution < 1.29 is 0 Å². The first kappa shape index (κ1) is 18.2. The molecule has 0 amide bonds. The Hall–Kier alpha value is -0.820. The molecule has 0 radical (unpaired) electrons. The van der Waals surface area contributed by atoms with Crippen molar-refractivity contribution in [2.75, 3.05) is 6.54 Å². The van der Waals surface area contributed by atoms with Gasteiger partial charge in [-0.2, -0.15) is 0 Å². The Morgan fingerprint density at radius 3 is 1.74 bits per heavy atom. The summed E-state index contributed by atoms with van der Waals surface area (Å²) >= 11 is 0. The van der Waals surface area contributed by atoms with Crippen LogP contribution in [0.3, 0.4) is 0 Å². The van der Waals surface area contributed by atoms with Crippen molar-refractivity contribution in [1.29, 1.82) is 0 Å². The summed E-state index contributed by atoms with van der Waals surface area (Å²) in [5, 5.41) is 0. The van der Waals surface area contributed by atoms with Crippen molar-refractivity contribution in [3.05, 3.63) is 36.5 Å². The topological polar surface area (TPSA) is 26.0 Å². The molecule has 0 bridgehead atoms. The normalized spacial score (nSPS) is 12.3. The van der Waals surface area contributed by atoms with Gasteiger partial charge in [0.15, 0.2) is 0 Å². The molecule has 1 heteroatoms. The molecule has 2 N–H and O–H groups in total. The van der Waals surface area contributed by atoms with Gasteiger partial charge in [0.25, 0.3) is 0 Å². The van der Waals surface area contributed by atoms with Gasteiger partial charge in [0.1, 0.15) is 0 Å². The van der Waals surface area contributed by atoms with Crippen LogP contribution in [0.25, 0.3) is 0 Å². The van der Waals surface area contributed by atoms with Gasteiger partial charge in [0, 0.05) is 0 Å². The smallest absolute Gasteiger partial charge is 0.00773 e. The molecule has 0 saturated heterocycles. The van der Waals surface area contributed by atoms with E-state index in [1.54, 1.807) is 0 Å². The lowest BCUT2D eigenvalue weighted by atomic mass is 10.1. The fourth-order valence-electron chi connectivity index (χ4n) is 1.91. The highest BCUT2D eigenvalue weighted by atomic mass is 14.5. The first-order valence-electron chi connectivity index (χ1n) is 8.10. The van der Waals surface area contributed by atoms with E-state index in [2.05, 4.69) is 43.4 Å². The van der Waals surface area contributed by atoms with Crippen LogP contribution in [0.5, 0.6) is 0 Å². The fourth-order valence-corrected chi connectivity index (χ4v) is 1.91. The van der Waals surface area contributed by atoms with Crippen molar-refractivity contribution in [1.82, 2.24) is 0 Å². The third-order valence-electron chi connectivity index (χ3n) is 3.15. The predicted octanol–water partition coefficient (Wildman–Crippen LogP) is 5.53. The van der Waals surface area contributed by atoms with E-state index in [0.29, 0.717) is 0 Å². The second-order valence-electron chi connectivity index (χ2n) is 5.08. The van der Waals surface area contributed by atoms with Crippen LogP contribution in [0.4, 0.5) is 0 Å². The number of allylic oxidation sites excluding steroid dienone is 6. The number of hydrogen-bond acceptors (Lipinski definition) is 1. The van der Waals surface area contributed by atoms with Crippen LogP contribution in [0.1, 0.15) is 71.1 Å². The average molecular weight is 263 g/mol. The summed E-state index contributed by atoms with van der Waals surface area (Å²) in [4.78, 5) is 0. The summed E-state index contributed by atoms with van der Waals surface area (Å²) in [5.41, 5.74) is 5.46. The molecule has 0 unspecified atom stereocenters. The Kier molecular flexibility index (Phi) is 16.4. The molecule has 0 aliphatic heterocycles. The van der Waals surface area contributed by atoms with Gasteiger partial charge < -0.3 is 5.73 Å². The third-order valence-corrected chi connectivity index (χ3v) is 3.15. The van der Waals surface area contributed by atoms with Crippen LogP contribution in [-0.2, 0) is 0 Å². The van der Waals surface area contributed by atoms with Crippen molar-refractivity contribution in [3.8, 4) is 0 Å². The van der Waals surface area contributed by atoms with E-state index in [4.69, 9.17) is 5.73 Å². The van der Waals surface area contributed by atoms with E-state index in [0.717, 1.165) is 6.54 Å². The lowest BCUT2D eigenvalue weighted by molar-refractivity contribution is 0.601. The quantitative estimate of drug-likeness (QED) is 0.343. The molecule has 0 saturated carbocycles. The van der Waals surface area contributed by atoms with Gasteiger partial charge in [0.05, 0.1) is 0 Å². The van der Waals surface area contributed by atoms with Crippen LogP contribution in [0.15, 0.2) is 36.5 Å². The van der Waals surface area contributed by atoms with E-state index >= 15 is 0 Å². The zero-order valence-corrected chi connectivity index (χ0v) is 12.8. The fraction of sp³-hybridized carbons (Fsp3) is 0.667. The number of rotatable bonds is 13. The molecule has 0 heterocycles. The minimum atomic E-state index is 0.849. The molecule has 0 aromatic heterocycles. The van der Waals surface area contributed by atoms with Crippen molar-refractivity contribution in [2.45, 2.75) is 71.1 Å². The summed E-state index contributed by atoms with van der Waals surface area (Å²) in [6.45, 7) is 3.08. The second-order valence-corrected chi connectivity index (χ2v) is 5.08. The van der Waals surface area contributed by atoms with Crippen LogP contribution in [-0.4, -0.2) is 6.54 Å². The van der Waals surface area contributed by atoms with Gasteiger partial charge in [-0.3, -0.25) is 0 Å². The Labute approximate surface area is 120 Å². The van der Waals surface area contributed by atoms with Crippen LogP contribution < -0.4 is 5.73 Å². The van der Waals surface area contributed by atoms with E-state index in [1.807, 2.05) is 0 Å². The SMILES string of the molecule is CCCCC=CC=CC=CCCCCCCCCN. The molecule has 0 atom stereocenters. The van der Waals surface area contributed by atoms with Gasteiger partial charge in [0.2, 0.25) is 0 Å². The van der Waals surface area contributed by atoms with Gasteiger partial charge in [-0.25, -0.2) is 0 Å². The molecule has 0 rings (SSSR count). The standard InChI is InChI=1S/C18H33N/c1-2-3-4-5-6-7-8-9-10-11-12-13-14-15-16-17-18-19/h5-10H,2-4,11-19H2,1H3. The maximum absolute atomic E-state index is 5.46. The Morgan fingerprint density at radius 1 is 0.632 bits per heavy atom. The molecule has 0 aliphatic carbocycles. The van der Waals surface area contributed by atoms with E-state index in [9.17, 15) is 0 Å². The lowest BCUT2D eigenvalue weighted by Crippen LogP contribution is -1.97. The maximum atomic E-state index is 5.46. The van der Waals surface area contributed by atoms with Crippen LogP contribution >= 0.6 is 0 Å². The summed E-state index contributed by atoms with van der Waals surface area (Å²) in [7, 11) is 0. The predicted molar refractivity (Wildman–Crippen MR) is 88.3 cm³/mol. The number of hydrogen-bond donors (Lipinski definition) is 1. The minimum absolute atomic E-state index is 0.849. The molecule has 1 nitrogen and oxygen atoms in total. The van der Waals surface area contributed by atoms with Crippen molar-refractivity contribution >= 4 is 0 Å². The molecule has 0 spiro atoms. The Morgan fingerprint density at radius 2 is 1.16 bits per heavy atom. The van der Waals surface area contributed by atoms with Gasteiger partial charge >= 0.3 is 0 Å². The van der Waals surface area contributed by atoms with E-state index in [-0.39, 0.29) is 0 Å². The molecule has 0 aromatic rings. The summed E-state index contributed by atoms with van der Waals surface area (Å²) in [5.74, 6) is 0. The Balaban J connectivity index is 3.24. The van der Waals surface area contributed by atoms with Gasteiger partial charge in [-0.15, -0.1) is 0 Å². The van der Waals surface area contributed by atoms with Crippen LogP contribution in [0.2, 0.25) is 0 Å². The number of nitrogens with two attached hydrogens (primary N) is 1. The molecule has 110 valence electrons. The van der Waals surface area contributed by atoms with Gasteiger partial charge in [-0.05, 0) is 32.2 Å². The summed E-state index contributed by atoms with van der Waals surface area (Å²) in [6.07, 6.45) is 26.0. The summed E-state index contributed by atoms with van der Waals surface area (Å²) < 4.78 is 0. The Bertz CT molecular complexity index is 238. The molecule has 0 fully saturated rings. The van der Waals surface area contributed by atoms with Gasteiger partial charge in [-0.1, -0.05) is 81.9 Å². The molecule has 0 aliphatic rings. The first-order chi connectivity index (χ1) is 9.41. The van der Waals surface area contributed by atoms with Crippen molar-refractivity contribution in [2.24, 2.45) is 5.73 Å². The third kappa shape index (κ3) is 17.2. The first-order valence-corrected chi connectivity index (χ1v) is 8.10. The maximum Gasteiger partial charge on any atom is -0.00773 e. The molecule has 19 heavy (non-hydrogen) atoms. The molecular formula is C18H33N. The molecule has 0 aromatic carbocycles. The zero-order valence-electron chi connectivity index (χ0n) is 12.8. The summed E-state index contributed by atoms with van der Waals surface area (Å²) in [6, 6.07) is 0. The highest BCUT2D eigenvalue weighted by Gasteiger charge is 1.88. The zero-order chi connectivity index (χ0) is 14.0. The lowest BCUT2D eigenvalue weighted by Gasteiger charge is -1.98. The van der Waals surface area contributed by atoms with E-state index < -0.39 is 0 Å². The monoisotopic (exact) mass is 263 g/mol. The van der Waals surface area contributed by atoms with Crippen molar-refractivity contribution in [3.63, 3.8) is 0 Å². The van der Waals surface area contributed by atoms with Crippen LogP contribution in [0, 0.1) is 0 Å².